The van der Waals surface area contributed by atoms with Crippen LogP contribution in [0.15, 0.2) is 18.2 Å². The van der Waals surface area contributed by atoms with E-state index in [1.807, 2.05) is 24.8 Å². The van der Waals surface area contributed by atoms with E-state index < -0.39 is 5.54 Å². The van der Waals surface area contributed by atoms with Gasteiger partial charge in [0.25, 0.3) is 5.91 Å². The second-order valence-corrected chi connectivity index (χ2v) is 7.17. The summed E-state index contributed by atoms with van der Waals surface area (Å²) in [5, 5.41) is 9.75. The second kappa shape index (κ2) is 6.51. The Morgan fingerprint density at radius 3 is 2.52 bits per heavy atom. The number of nitrogens with zero attached hydrogens (tertiary/aromatic N) is 3. The van der Waals surface area contributed by atoms with Crippen molar-refractivity contribution < 1.29 is 4.79 Å². The third-order valence-corrected chi connectivity index (χ3v) is 4.97. The molecule has 1 aromatic rings. The number of amides is 1. The van der Waals surface area contributed by atoms with Crippen molar-refractivity contribution in [2.75, 3.05) is 26.2 Å². The Morgan fingerprint density at radius 2 is 1.95 bits per heavy atom. The molecule has 0 atom stereocenters. The number of hydrogen-bond donors (Lipinski definition) is 0. The summed E-state index contributed by atoms with van der Waals surface area (Å²) in [6.45, 7) is 6.50. The van der Waals surface area contributed by atoms with E-state index >= 15 is 0 Å². The van der Waals surface area contributed by atoms with Gasteiger partial charge < -0.3 is 4.90 Å². The molecule has 2 rings (SSSR count). The molecule has 0 spiro atoms. The molecule has 0 aromatic heterocycles. The first kappa shape index (κ1) is 16.5. The Kier molecular flexibility index (Phi) is 5.12. The Labute approximate surface area is 143 Å². The van der Waals surface area contributed by atoms with Gasteiger partial charge in [-0.2, -0.15) is 5.26 Å². The van der Waals surface area contributed by atoms with Crippen molar-refractivity contribution in [3.05, 3.63) is 32.4 Å². The van der Waals surface area contributed by atoms with Crippen molar-refractivity contribution in [3.63, 3.8) is 0 Å². The molecule has 0 bridgehead atoms. The number of carbonyl (C=O) groups is 1. The highest BCUT2D eigenvalue weighted by molar-refractivity contribution is 14.1. The molecule has 6 heteroatoms. The molecule has 21 heavy (non-hydrogen) atoms. The number of carbonyl (C=O) groups excluding carboxylic acids is 1. The van der Waals surface area contributed by atoms with Crippen LogP contribution in [-0.4, -0.2) is 47.4 Å². The van der Waals surface area contributed by atoms with Crippen LogP contribution in [-0.2, 0) is 0 Å². The SMILES string of the molecule is CC(C)(C#N)N1CCN(C(=O)c2cc(Cl)ccc2I)CC1. The lowest BCUT2D eigenvalue weighted by Crippen LogP contribution is -2.55. The predicted octanol–water partition coefficient (Wildman–Crippen LogP) is 3.00. The maximum atomic E-state index is 12.6. The van der Waals surface area contributed by atoms with Crippen LogP contribution in [0.1, 0.15) is 24.2 Å². The summed E-state index contributed by atoms with van der Waals surface area (Å²) < 4.78 is 0.904. The molecule has 0 aliphatic carbocycles. The van der Waals surface area contributed by atoms with E-state index in [-0.39, 0.29) is 5.91 Å². The summed E-state index contributed by atoms with van der Waals surface area (Å²) in [5.74, 6) is 0.0105. The summed E-state index contributed by atoms with van der Waals surface area (Å²) >= 11 is 8.13. The molecule has 112 valence electrons. The summed E-state index contributed by atoms with van der Waals surface area (Å²) in [5.41, 5.74) is 0.163. The highest BCUT2D eigenvalue weighted by atomic mass is 127. The summed E-state index contributed by atoms with van der Waals surface area (Å²) in [4.78, 5) is 16.5. The zero-order valence-electron chi connectivity index (χ0n) is 12.1. The summed E-state index contributed by atoms with van der Waals surface area (Å²) in [6, 6.07) is 7.66. The van der Waals surface area contributed by atoms with Gasteiger partial charge in [0.05, 0.1) is 11.6 Å². The van der Waals surface area contributed by atoms with Gasteiger partial charge >= 0.3 is 0 Å². The lowest BCUT2D eigenvalue weighted by molar-refractivity contribution is 0.0520. The van der Waals surface area contributed by atoms with E-state index in [2.05, 4.69) is 33.6 Å². The number of halogens is 2. The van der Waals surface area contributed by atoms with Gasteiger partial charge in [-0.05, 0) is 54.6 Å². The molecule has 1 saturated heterocycles. The van der Waals surface area contributed by atoms with Crippen LogP contribution >= 0.6 is 34.2 Å². The Balaban J connectivity index is 2.07. The molecule has 0 unspecified atom stereocenters. The van der Waals surface area contributed by atoms with Gasteiger partial charge in [0.1, 0.15) is 5.54 Å². The van der Waals surface area contributed by atoms with Crippen LogP contribution in [0.2, 0.25) is 5.02 Å². The van der Waals surface area contributed by atoms with Crippen molar-refractivity contribution in [1.29, 1.82) is 5.26 Å². The van der Waals surface area contributed by atoms with Crippen molar-refractivity contribution in [3.8, 4) is 6.07 Å². The van der Waals surface area contributed by atoms with Crippen molar-refractivity contribution in [2.24, 2.45) is 0 Å². The van der Waals surface area contributed by atoms with Crippen LogP contribution in [0.5, 0.6) is 0 Å². The van der Waals surface area contributed by atoms with Crippen molar-refractivity contribution in [1.82, 2.24) is 9.80 Å². The number of benzene rings is 1. The minimum absolute atomic E-state index is 0.0105. The zero-order valence-corrected chi connectivity index (χ0v) is 15.0. The fraction of sp³-hybridized carbons (Fsp3) is 0.467. The third kappa shape index (κ3) is 3.68. The van der Waals surface area contributed by atoms with Crippen LogP contribution in [0.4, 0.5) is 0 Å². The number of rotatable bonds is 2. The number of nitriles is 1. The lowest BCUT2D eigenvalue weighted by atomic mass is 10.0. The molecular formula is C15H17ClIN3O. The monoisotopic (exact) mass is 417 g/mol. The van der Waals surface area contributed by atoms with Gasteiger partial charge in [0.15, 0.2) is 0 Å². The van der Waals surface area contributed by atoms with Crippen LogP contribution in [0, 0.1) is 14.9 Å². The number of piperazine rings is 1. The molecule has 0 N–H and O–H groups in total. The third-order valence-electron chi connectivity index (χ3n) is 3.79. The highest BCUT2D eigenvalue weighted by Gasteiger charge is 2.31. The Morgan fingerprint density at radius 1 is 1.33 bits per heavy atom. The Hall–Kier alpha value is -0.840. The fourth-order valence-electron chi connectivity index (χ4n) is 2.37. The average Bonchev–Trinajstić information content (AvgIpc) is 2.49. The van der Waals surface area contributed by atoms with Crippen LogP contribution in [0.25, 0.3) is 0 Å². The second-order valence-electron chi connectivity index (χ2n) is 5.57. The predicted molar refractivity (Wildman–Crippen MR) is 91.3 cm³/mol. The van der Waals surface area contributed by atoms with Crippen molar-refractivity contribution in [2.45, 2.75) is 19.4 Å². The number of hydrogen-bond acceptors (Lipinski definition) is 3. The first-order valence-corrected chi connectivity index (χ1v) is 8.21. The molecule has 0 radical (unpaired) electrons. The van der Waals surface area contributed by atoms with Gasteiger partial charge in [-0.1, -0.05) is 11.6 Å². The summed E-state index contributed by atoms with van der Waals surface area (Å²) in [7, 11) is 0. The highest BCUT2D eigenvalue weighted by Crippen LogP contribution is 2.21. The molecule has 1 heterocycles. The average molecular weight is 418 g/mol. The zero-order chi connectivity index (χ0) is 15.6. The maximum Gasteiger partial charge on any atom is 0.255 e. The maximum absolute atomic E-state index is 12.6. The minimum Gasteiger partial charge on any atom is -0.336 e. The largest absolute Gasteiger partial charge is 0.336 e. The van der Waals surface area contributed by atoms with Crippen LogP contribution < -0.4 is 0 Å². The van der Waals surface area contributed by atoms with Gasteiger partial charge in [0, 0.05) is 34.8 Å². The fourth-order valence-corrected chi connectivity index (χ4v) is 3.11. The molecule has 1 fully saturated rings. The van der Waals surface area contributed by atoms with E-state index in [0.29, 0.717) is 36.8 Å². The molecule has 1 aliphatic heterocycles. The normalized spacial score (nSPS) is 16.6. The van der Waals surface area contributed by atoms with Gasteiger partial charge in [-0.15, -0.1) is 0 Å². The lowest BCUT2D eigenvalue weighted by Gasteiger charge is -2.40. The van der Waals surface area contributed by atoms with E-state index in [1.165, 1.54) is 0 Å². The smallest absolute Gasteiger partial charge is 0.255 e. The minimum atomic E-state index is -0.486. The first-order chi connectivity index (χ1) is 9.85. The summed E-state index contributed by atoms with van der Waals surface area (Å²) in [6.07, 6.45) is 0. The van der Waals surface area contributed by atoms with E-state index in [1.54, 1.807) is 12.1 Å². The van der Waals surface area contributed by atoms with E-state index in [4.69, 9.17) is 11.6 Å². The Bertz CT molecular complexity index is 589. The molecule has 1 aliphatic rings. The van der Waals surface area contributed by atoms with Gasteiger partial charge in [-0.25, -0.2) is 0 Å². The van der Waals surface area contributed by atoms with Crippen LogP contribution in [0.3, 0.4) is 0 Å². The topological polar surface area (TPSA) is 47.3 Å². The molecule has 1 amide bonds. The van der Waals surface area contributed by atoms with Crippen molar-refractivity contribution >= 4 is 40.1 Å². The molecule has 0 saturated carbocycles. The molecule has 1 aromatic carbocycles. The van der Waals surface area contributed by atoms with E-state index in [9.17, 15) is 10.1 Å². The quantitative estimate of drug-likeness (QED) is 0.695. The molecule has 4 nitrogen and oxygen atoms in total. The molecular weight excluding hydrogens is 401 g/mol. The van der Waals surface area contributed by atoms with E-state index in [0.717, 1.165) is 3.57 Å². The standard InChI is InChI=1S/C15H17ClIN3O/c1-15(2,10-18)20-7-5-19(6-8-20)14(21)12-9-11(16)3-4-13(12)17/h3-4,9H,5-8H2,1-2H3. The van der Waals surface area contributed by atoms with Gasteiger partial charge in [0.2, 0.25) is 0 Å². The van der Waals surface area contributed by atoms with Gasteiger partial charge in [-0.3, -0.25) is 9.69 Å². The first-order valence-electron chi connectivity index (χ1n) is 6.76.